The predicted octanol–water partition coefficient (Wildman–Crippen LogP) is 1.76. The van der Waals surface area contributed by atoms with E-state index in [0.717, 1.165) is 0 Å². The molecule has 0 fully saturated rings. The number of carbonyl (C=O) groups is 2. The third-order valence-electron chi connectivity index (χ3n) is 1.46. The van der Waals surface area contributed by atoms with Gasteiger partial charge in [0.05, 0.1) is 7.11 Å². The van der Waals surface area contributed by atoms with Gasteiger partial charge in [-0.3, -0.25) is 4.79 Å². The molecule has 0 bridgehead atoms. The van der Waals surface area contributed by atoms with Gasteiger partial charge in [-0.05, 0) is 12.1 Å². The van der Waals surface area contributed by atoms with Gasteiger partial charge < -0.3 is 14.2 Å². The van der Waals surface area contributed by atoms with Crippen molar-refractivity contribution in [2.24, 2.45) is 0 Å². The molecule has 0 atom stereocenters. The van der Waals surface area contributed by atoms with E-state index in [-0.39, 0.29) is 11.5 Å². The van der Waals surface area contributed by atoms with Crippen molar-refractivity contribution in [3.63, 3.8) is 0 Å². The fourth-order valence-electron chi connectivity index (χ4n) is 0.905. The fourth-order valence-corrected chi connectivity index (χ4v) is 0.905. The molecule has 0 saturated heterocycles. The summed E-state index contributed by atoms with van der Waals surface area (Å²) in [5, 5.41) is 0. The number of esters is 1. The predicted molar refractivity (Wildman–Crippen MR) is 50.8 cm³/mol. The SMILES string of the molecule is COC(=O)Oc1ccccc1OC(C)=O. The van der Waals surface area contributed by atoms with E-state index in [0.29, 0.717) is 0 Å². The average molecular weight is 210 g/mol. The van der Waals surface area contributed by atoms with E-state index in [1.165, 1.54) is 26.2 Å². The highest BCUT2D eigenvalue weighted by molar-refractivity contribution is 5.71. The highest BCUT2D eigenvalue weighted by Gasteiger charge is 2.10. The molecular weight excluding hydrogens is 200 g/mol. The largest absolute Gasteiger partial charge is 0.513 e. The maximum absolute atomic E-state index is 10.8. The van der Waals surface area contributed by atoms with Gasteiger partial charge in [-0.25, -0.2) is 4.79 Å². The lowest BCUT2D eigenvalue weighted by atomic mass is 10.3. The molecule has 0 heterocycles. The van der Waals surface area contributed by atoms with Gasteiger partial charge in [0.15, 0.2) is 11.5 Å². The first-order valence-corrected chi connectivity index (χ1v) is 4.16. The second kappa shape index (κ2) is 4.99. The Morgan fingerprint density at radius 1 is 1.07 bits per heavy atom. The van der Waals surface area contributed by atoms with Crippen LogP contribution in [0.1, 0.15) is 6.92 Å². The lowest BCUT2D eigenvalue weighted by Gasteiger charge is -2.07. The van der Waals surface area contributed by atoms with E-state index in [9.17, 15) is 9.59 Å². The Kier molecular flexibility index (Phi) is 3.68. The maximum Gasteiger partial charge on any atom is 0.513 e. The molecule has 0 amide bonds. The summed E-state index contributed by atoms with van der Waals surface area (Å²) in [7, 11) is 1.19. The van der Waals surface area contributed by atoms with Crippen LogP contribution in [-0.4, -0.2) is 19.2 Å². The summed E-state index contributed by atoms with van der Waals surface area (Å²) < 4.78 is 13.9. The Morgan fingerprint density at radius 3 is 2.07 bits per heavy atom. The number of rotatable bonds is 2. The van der Waals surface area contributed by atoms with Crippen molar-refractivity contribution >= 4 is 12.1 Å². The first-order chi connectivity index (χ1) is 7.13. The molecule has 0 saturated carbocycles. The van der Waals surface area contributed by atoms with Gasteiger partial charge in [-0.15, -0.1) is 0 Å². The van der Waals surface area contributed by atoms with Crippen molar-refractivity contribution in [1.82, 2.24) is 0 Å². The van der Waals surface area contributed by atoms with Crippen molar-refractivity contribution in [3.8, 4) is 11.5 Å². The van der Waals surface area contributed by atoms with Gasteiger partial charge in [0.2, 0.25) is 0 Å². The van der Waals surface area contributed by atoms with E-state index >= 15 is 0 Å². The first kappa shape index (κ1) is 11.0. The third kappa shape index (κ3) is 3.30. The Labute approximate surface area is 86.6 Å². The van der Waals surface area contributed by atoms with Gasteiger partial charge >= 0.3 is 12.1 Å². The second-order valence-corrected chi connectivity index (χ2v) is 2.60. The Bertz CT molecular complexity index is 372. The monoisotopic (exact) mass is 210 g/mol. The van der Waals surface area contributed by atoms with Crippen LogP contribution >= 0.6 is 0 Å². The number of hydrogen-bond acceptors (Lipinski definition) is 5. The third-order valence-corrected chi connectivity index (χ3v) is 1.46. The quantitative estimate of drug-likeness (QED) is 0.422. The molecule has 0 aliphatic heterocycles. The van der Waals surface area contributed by atoms with E-state index in [4.69, 9.17) is 9.47 Å². The number of ether oxygens (including phenoxy) is 3. The first-order valence-electron chi connectivity index (χ1n) is 4.16. The van der Waals surface area contributed by atoms with Gasteiger partial charge in [-0.2, -0.15) is 0 Å². The van der Waals surface area contributed by atoms with Crippen LogP contribution in [0.3, 0.4) is 0 Å². The van der Waals surface area contributed by atoms with Gasteiger partial charge in [0, 0.05) is 6.92 Å². The van der Waals surface area contributed by atoms with Crippen molar-refractivity contribution in [2.75, 3.05) is 7.11 Å². The minimum absolute atomic E-state index is 0.138. The van der Waals surface area contributed by atoms with Crippen molar-refractivity contribution in [2.45, 2.75) is 6.92 Å². The molecule has 0 N–H and O–H groups in total. The number of methoxy groups -OCH3 is 1. The summed E-state index contributed by atoms with van der Waals surface area (Å²) >= 11 is 0. The summed E-state index contributed by atoms with van der Waals surface area (Å²) in [5.41, 5.74) is 0. The summed E-state index contributed by atoms with van der Waals surface area (Å²) in [6, 6.07) is 6.31. The summed E-state index contributed by atoms with van der Waals surface area (Å²) in [4.78, 5) is 21.6. The molecule has 80 valence electrons. The molecule has 0 radical (unpaired) electrons. The van der Waals surface area contributed by atoms with E-state index in [1.807, 2.05) is 0 Å². The minimum atomic E-state index is -0.866. The van der Waals surface area contributed by atoms with Gasteiger partial charge in [0.1, 0.15) is 0 Å². The minimum Gasteiger partial charge on any atom is -0.437 e. The van der Waals surface area contributed by atoms with E-state index in [1.54, 1.807) is 12.1 Å². The number of carbonyl (C=O) groups excluding carboxylic acids is 2. The number of benzene rings is 1. The molecular formula is C10H10O5. The van der Waals surface area contributed by atoms with Crippen LogP contribution in [0, 0.1) is 0 Å². The average Bonchev–Trinajstić information content (AvgIpc) is 2.20. The molecule has 0 aromatic heterocycles. The van der Waals surface area contributed by atoms with Crippen LogP contribution in [0.25, 0.3) is 0 Å². The molecule has 5 nitrogen and oxygen atoms in total. The van der Waals surface area contributed by atoms with Gasteiger partial charge in [-0.1, -0.05) is 12.1 Å². The molecule has 1 rings (SSSR count). The van der Waals surface area contributed by atoms with Crippen LogP contribution in [0.4, 0.5) is 4.79 Å². The number of hydrogen-bond donors (Lipinski definition) is 0. The van der Waals surface area contributed by atoms with Crippen LogP contribution in [0.15, 0.2) is 24.3 Å². The molecule has 0 aliphatic carbocycles. The van der Waals surface area contributed by atoms with Crippen molar-refractivity contribution in [1.29, 1.82) is 0 Å². The van der Waals surface area contributed by atoms with Crippen LogP contribution in [0.2, 0.25) is 0 Å². The van der Waals surface area contributed by atoms with Crippen LogP contribution < -0.4 is 9.47 Å². The van der Waals surface area contributed by atoms with Crippen molar-refractivity contribution in [3.05, 3.63) is 24.3 Å². The highest BCUT2D eigenvalue weighted by atomic mass is 16.7. The Morgan fingerprint density at radius 2 is 1.60 bits per heavy atom. The van der Waals surface area contributed by atoms with E-state index in [2.05, 4.69) is 4.74 Å². The zero-order chi connectivity index (χ0) is 11.3. The molecule has 5 heteroatoms. The highest BCUT2D eigenvalue weighted by Crippen LogP contribution is 2.26. The normalized spacial score (nSPS) is 9.20. The summed E-state index contributed by atoms with van der Waals surface area (Å²) in [5.74, 6) is -0.175. The lowest BCUT2D eigenvalue weighted by Crippen LogP contribution is -2.09. The van der Waals surface area contributed by atoms with Crippen LogP contribution in [-0.2, 0) is 9.53 Å². The standard InChI is InChI=1S/C10H10O5/c1-7(11)14-8-5-3-4-6-9(8)15-10(12)13-2/h3-6H,1-2H3. The van der Waals surface area contributed by atoms with Gasteiger partial charge in [0.25, 0.3) is 0 Å². The zero-order valence-electron chi connectivity index (χ0n) is 8.35. The molecule has 1 aromatic rings. The maximum atomic E-state index is 10.8. The fraction of sp³-hybridized carbons (Fsp3) is 0.200. The molecule has 0 unspecified atom stereocenters. The van der Waals surface area contributed by atoms with Crippen LogP contribution in [0.5, 0.6) is 11.5 Å². The summed E-state index contributed by atoms with van der Waals surface area (Å²) in [6.07, 6.45) is -0.866. The summed E-state index contributed by atoms with van der Waals surface area (Å²) in [6.45, 7) is 1.26. The molecule has 0 aliphatic rings. The molecule has 1 aromatic carbocycles. The lowest BCUT2D eigenvalue weighted by molar-refractivity contribution is -0.132. The van der Waals surface area contributed by atoms with Crippen molar-refractivity contribution < 1.29 is 23.8 Å². The van der Waals surface area contributed by atoms with E-state index < -0.39 is 12.1 Å². The Balaban J connectivity index is 2.85. The Hall–Kier alpha value is -2.04. The molecule has 0 spiro atoms. The number of para-hydroxylation sites is 2. The molecule has 15 heavy (non-hydrogen) atoms. The smallest absolute Gasteiger partial charge is 0.437 e. The second-order valence-electron chi connectivity index (χ2n) is 2.60. The topological polar surface area (TPSA) is 61.8 Å². The zero-order valence-corrected chi connectivity index (χ0v) is 8.35.